The van der Waals surface area contributed by atoms with Gasteiger partial charge in [-0.05, 0) is 37.0 Å². The highest BCUT2D eigenvalue weighted by molar-refractivity contribution is 5.80. The van der Waals surface area contributed by atoms with Gasteiger partial charge in [0.25, 0.3) is 0 Å². The van der Waals surface area contributed by atoms with Crippen molar-refractivity contribution in [2.75, 3.05) is 5.73 Å². The lowest BCUT2D eigenvalue weighted by atomic mass is 10.1. The lowest BCUT2D eigenvalue weighted by Crippen LogP contribution is -2.12. The van der Waals surface area contributed by atoms with Gasteiger partial charge in [0.2, 0.25) is 5.95 Å². The smallest absolute Gasteiger partial charge is 0.201 e. The van der Waals surface area contributed by atoms with Gasteiger partial charge in [0, 0.05) is 6.04 Å². The van der Waals surface area contributed by atoms with Crippen molar-refractivity contribution in [3.8, 4) is 6.07 Å². The van der Waals surface area contributed by atoms with E-state index in [0.717, 1.165) is 23.4 Å². The summed E-state index contributed by atoms with van der Waals surface area (Å²) in [5.74, 6) is 1.42. The van der Waals surface area contributed by atoms with E-state index in [9.17, 15) is 0 Å². The van der Waals surface area contributed by atoms with Gasteiger partial charge in [-0.15, -0.1) is 0 Å². The second-order valence-electron chi connectivity index (χ2n) is 5.40. The van der Waals surface area contributed by atoms with Crippen LogP contribution < -0.4 is 5.73 Å². The molecule has 98 valence electrons. The SMILES string of the molecule is CCC(CC1CC1)n1c(N)nc2ccc(C#N)cc21. The van der Waals surface area contributed by atoms with E-state index < -0.39 is 0 Å². The van der Waals surface area contributed by atoms with Crippen molar-refractivity contribution in [2.24, 2.45) is 5.92 Å². The number of fused-ring (bicyclic) bond motifs is 1. The number of nitriles is 1. The largest absolute Gasteiger partial charge is 0.369 e. The molecule has 1 unspecified atom stereocenters. The van der Waals surface area contributed by atoms with Gasteiger partial charge >= 0.3 is 0 Å². The normalized spacial score (nSPS) is 16.4. The fourth-order valence-electron chi connectivity index (χ4n) is 2.76. The van der Waals surface area contributed by atoms with Crippen molar-refractivity contribution < 1.29 is 0 Å². The molecule has 0 amide bonds. The minimum atomic E-state index is 0.395. The van der Waals surface area contributed by atoms with Crippen LogP contribution in [0.1, 0.15) is 44.2 Å². The molecule has 4 nitrogen and oxygen atoms in total. The Balaban J connectivity index is 2.09. The third-order valence-electron chi connectivity index (χ3n) is 3.98. The Hall–Kier alpha value is -2.02. The van der Waals surface area contributed by atoms with Crippen molar-refractivity contribution in [1.29, 1.82) is 5.26 Å². The van der Waals surface area contributed by atoms with Crippen LogP contribution in [0.25, 0.3) is 11.0 Å². The summed E-state index contributed by atoms with van der Waals surface area (Å²) in [5, 5.41) is 9.04. The molecular formula is C15H18N4. The quantitative estimate of drug-likeness (QED) is 0.910. The summed E-state index contributed by atoms with van der Waals surface area (Å²) >= 11 is 0. The number of rotatable bonds is 4. The highest BCUT2D eigenvalue weighted by Gasteiger charge is 2.27. The van der Waals surface area contributed by atoms with Crippen LogP contribution in [0.15, 0.2) is 18.2 Å². The number of nitrogens with two attached hydrogens (primary N) is 1. The minimum absolute atomic E-state index is 0.395. The number of anilines is 1. The molecule has 0 radical (unpaired) electrons. The molecule has 2 N–H and O–H groups in total. The molecular weight excluding hydrogens is 236 g/mol. The number of aromatic nitrogens is 2. The molecule has 0 aliphatic heterocycles. The Morgan fingerprint density at radius 1 is 1.53 bits per heavy atom. The van der Waals surface area contributed by atoms with Gasteiger partial charge in [0.1, 0.15) is 0 Å². The van der Waals surface area contributed by atoms with Gasteiger partial charge in [-0.3, -0.25) is 0 Å². The van der Waals surface area contributed by atoms with E-state index >= 15 is 0 Å². The van der Waals surface area contributed by atoms with E-state index in [1.54, 1.807) is 6.07 Å². The number of nitrogen functional groups attached to an aromatic ring is 1. The van der Waals surface area contributed by atoms with Crippen LogP contribution in [0.5, 0.6) is 0 Å². The van der Waals surface area contributed by atoms with Crippen molar-refractivity contribution in [3.05, 3.63) is 23.8 Å². The van der Waals surface area contributed by atoms with E-state index in [-0.39, 0.29) is 0 Å². The molecule has 1 saturated carbocycles. The zero-order valence-corrected chi connectivity index (χ0v) is 11.1. The summed E-state index contributed by atoms with van der Waals surface area (Å²) in [6, 6.07) is 8.15. The number of benzene rings is 1. The van der Waals surface area contributed by atoms with E-state index in [4.69, 9.17) is 11.0 Å². The van der Waals surface area contributed by atoms with Gasteiger partial charge in [-0.2, -0.15) is 5.26 Å². The molecule has 0 saturated heterocycles. The maximum atomic E-state index is 9.04. The first-order valence-electron chi connectivity index (χ1n) is 6.90. The summed E-state index contributed by atoms with van der Waals surface area (Å²) in [7, 11) is 0. The molecule has 0 spiro atoms. The molecule has 1 aromatic heterocycles. The average Bonchev–Trinajstić information content (AvgIpc) is 3.18. The fraction of sp³-hybridized carbons (Fsp3) is 0.467. The summed E-state index contributed by atoms with van der Waals surface area (Å²) < 4.78 is 2.12. The first-order chi connectivity index (χ1) is 9.22. The van der Waals surface area contributed by atoms with Crippen molar-refractivity contribution in [1.82, 2.24) is 9.55 Å². The Bertz CT molecular complexity index is 646. The fourth-order valence-corrected chi connectivity index (χ4v) is 2.76. The number of hydrogen-bond acceptors (Lipinski definition) is 3. The molecule has 0 bridgehead atoms. The third kappa shape index (κ3) is 2.17. The Morgan fingerprint density at radius 2 is 2.32 bits per heavy atom. The molecule has 1 fully saturated rings. The van der Waals surface area contributed by atoms with Crippen LogP contribution in [0, 0.1) is 17.2 Å². The molecule has 1 atom stereocenters. The van der Waals surface area contributed by atoms with Crippen LogP contribution in [-0.4, -0.2) is 9.55 Å². The van der Waals surface area contributed by atoms with Crippen LogP contribution >= 0.6 is 0 Å². The topological polar surface area (TPSA) is 67.6 Å². The summed E-state index contributed by atoms with van der Waals surface area (Å²) in [5.41, 5.74) is 8.62. The van der Waals surface area contributed by atoms with E-state index in [2.05, 4.69) is 22.5 Å². The van der Waals surface area contributed by atoms with Crippen LogP contribution in [0.2, 0.25) is 0 Å². The zero-order chi connectivity index (χ0) is 13.4. The van der Waals surface area contributed by atoms with Gasteiger partial charge < -0.3 is 10.3 Å². The Labute approximate surface area is 112 Å². The lowest BCUT2D eigenvalue weighted by molar-refractivity contribution is 0.442. The van der Waals surface area contributed by atoms with Gasteiger partial charge in [-0.1, -0.05) is 19.8 Å². The van der Waals surface area contributed by atoms with Crippen LogP contribution in [0.3, 0.4) is 0 Å². The van der Waals surface area contributed by atoms with Crippen LogP contribution in [-0.2, 0) is 0 Å². The molecule has 3 rings (SSSR count). The summed E-state index contributed by atoms with van der Waals surface area (Å²) in [6.45, 7) is 2.19. The highest BCUT2D eigenvalue weighted by atomic mass is 15.2. The second kappa shape index (κ2) is 4.58. The van der Waals surface area contributed by atoms with E-state index in [1.165, 1.54) is 19.3 Å². The summed E-state index contributed by atoms with van der Waals surface area (Å²) in [6.07, 6.45) is 4.89. The number of nitrogens with zero attached hydrogens (tertiary/aromatic N) is 3. The van der Waals surface area contributed by atoms with Gasteiger partial charge in [0.15, 0.2) is 0 Å². The highest BCUT2D eigenvalue weighted by Crippen LogP contribution is 2.39. The third-order valence-corrected chi connectivity index (χ3v) is 3.98. The molecule has 1 aromatic carbocycles. The first kappa shape index (κ1) is 12.0. The summed E-state index contributed by atoms with van der Waals surface area (Å²) in [4.78, 5) is 4.42. The monoisotopic (exact) mass is 254 g/mol. The Kier molecular flexibility index (Phi) is 2.90. The molecule has 1 heterocycles. The van der Waals surface area contributed by atoms with Crippen molar-refractivity contribution >= 4 is 17.0 Å². The van der Waals surface area contributed by atoms with E-state index in [0.29, 0.717) is 17.6 Å². The first-order valence-corrected chi connectivity index (χ1v) is 6.90. The maximum absolute atomic E-state index is 9.04. The van der Waals surface area contributed by atoms with Gasteiger partial charge in [-0.25, -0.2) is 4.98 Å². The lowest BCUT2D eigenvalue weighted by Gasteiger charge is -2.18. The molecule has 2 aromatic rings. The minimum Gasteiger partial charge on any atom is -0.369 e. The van der Waals surface area contributed by atoms with Crippen molar-refractivity contribution in [3.63, 3.8) is 0 Å². The second-order valence-corrected chi connectivity index (χ2v) is 5.40. The van der Waals surface area contributed by atoms with E-state index in [1.807, 2.05) is 12.1 Å². The average molecular weight is 254 g/mol. The van der Waals surface area contributed by atoms with Crippen molar-refractivity contribution in [2.45, 2.75) is 38.6 Å². The molecule has 1 aliphatic rings. The maximum Gasteiger partial charge on any atom is 0.201 e. The predicted octanol–water partition coefficient (Wildman–Crippen LogP) is 3.24. The number of hydrogen-bond donors (Lipinski definition) is 1. The number of imidazole rings is 1. The molecule has 1 aliphatic carbocycles. The Morgan fingerprint density at radius 3 is 2.95 bits per heavy atom. The van der Waals surface area contributed by atoms with Gasteiger partial charge in [0.05, 0.1) is 22.7 Å². The molecule has 19 heavy (non-hydrogen) atoms. The zero-order valence-electron chi connectivity index (χ0n) is 11.1. The predicted molar refractivity (Wildman–Crippen MR) is 75.5 cm³/mol. The molecule has 4 heteroatoms. The van der Waals surface area contributed by atoms with Crippen LogP contribution in [0.4, 0.5) is 5.95 Å². The standard InChI is InChI=1S/C15H18N4/c1-2-12(7-10-3-4-10)19-14-8-11(9-16)5-6-13(14)18-15(19)17/h5-6,8,10,12H,2-4,7H2,1H3,(H2,17,18).